The van der Waals surface area contributed by atoms with Crippen molar-refractivity contribution >= 4 is 28.5 Å². The van der Waals surface area contributed by atoms with Crippen LogP contribution in [-0.2, 0) is 17.8 Å². The molecular formula is C15H19ClFN3O. The van der Waals surface area contributed by atoms with Crippen molar-refractivity contribution in [3.05, 3.63) is 29.8 Å². The van der Waals surface area contributed by atoms with Crippen LogP contribution in [-0.4, -0.2) is 28.4 Å². The number of amides is 1. The number of nitrogens with one attached hydrogen (secondary N) is 1. The van der Waals surface area contributed by atoms with Gasteiger partial charge in [0.1, 0.15) is 11.6 Å². The quantitative estimate of drug-likeness (QED) is 0.863. The number of rotatable bonds is 5. The third-order valence-electron chi connectivity index (χ3n) is 3.50. The van der Waals surface area contributed by atoms with Crippen LogP contribution in [0.25, 0.3) is 11.0 Å². The average Bonchev–Trinajstić information content (AvgIpc) is 2.74. The van der Waals surface area contributed by atoms with E-state index in [1.54, 1.807) is 13.1 Å². The number of hydrogen-bond acceptors (Lipinski definition) is 2. The van der Waals surface area contributed by atoms with E-state index in [4.69, 9.17) is 11.6 Å². The summed E-state index contributed by atoms with van der Waals surface area (Å²) in [4.78, 5) is 16.4. The first-order valence-electron chi connectivity index (χ1n) is 6.82. The van der Waals surface area contributed by atoms with Crippen molar-refractivity contribution in [1.29, 1.82) is 0 Å². The lowest BCUT2D eigenvalue weighted by Crippen LogP contribution is -2.38. The number of carbonyl (C=O) groups is 1. The summed E-state index contributed by atoms with van der Waals surface area (Å²) in [5.74, 6) is 0.813. The Morgan fingerprint density at radius 2 is 2.19 bits per heavy atom. The van der Waals surface area contributed by atoms with E-state index in [9.17, 15) is 9.18 Å². The van der Waals surface area contributed by atoms with Crippen LogP contribution < -0.4 is 5.32 Å². The molecule has 0 spiro atoms. The van der Waals surface area contributed by atoms with Gasteiger partial charge in [-0.25, -0.2) is 9.37 Å². The SMILES string of the molecule is CNC(=O)C(C)(C)Cn1c(CCCl)nc2cc(F)ccc21. The van der Waals surface area contributed by atoms with E-state index in [1.165, 1.54) is 12.1 Å². The van der Waals surface area contributed by atoms with Gasteiger partial charge in [0.15, 0.2) is 0 Å². The van der Waals surface area contributed by atoms with Gasteiger partial charge in [0.25, 0.3) is 0 Å². The monoisotopic (exact) mass is 311 g/mol. The second-order valence-corrected chi connectivity index (χ2v) is 6.03. The lowest BCUT2D eigenvalue weighted by Gasteiger charge is -2.24. The minimum Gasteiger partial charge on any atom is -0.359 e. The predicted octanol–water partition coefficient (Wildman–Crippen LogP) is 2.73. The van der Waals surface area contributed by atoms with E-state index >= 15 is 0 Å². The summed E-state index contributed by atoms with van der Waals surface area (Å²) in [7, 11) is 1.62. The van der Waals surface area contributed by atoms with Crippen molar-refractivity contribution in [2.45, 2.75) is 26.8 Å². The Morgan fingerprint density at radius 1 is 1.48 bits per heavy atom. The Kier molecular flexibility index (Phi) is 4.52. The summed E-state index contributed by atoms with van der Waals surface area (Å²) >= 11 is 5.82. The number of hydrogen-bond donors (Lipinski definition) is 1. The van der Waals surface area contributed by atoms with E-state index in [0.29, 0.717) is 24.4 Å². The molecule has 4 nitrogen and oxygen atoms in total. The summed E-state index contributed by atoms with van der Waals surface area (Å²) in [6.45, 7) is 4.19. The molecule has 0 saturated heterocycles. The zero-order chi connectivity index (χ0) is 15.6. The Bertz CT molecular complexity index is 666. The van der Waals surface area contributed by atoms with E-state index in [-0.39, 0.29) is 11.7 Å². The van der Waals surface area contributed by atoms with Crippen LogP contribution >= 0.6 is 11.6 Å². The topological polar surface area (TPSA) is 46.9 Å². The van der Waals surface area contributed by atoms with Crippen molar-refractivity contribution in [3.63, 3.8) is 0 Å². The highest BCUT2D eigenvalue weighted by Gasteiger charge is 2.29. The van der Waals surface area contributed by atoms with Gasteiger partial charge in [-0.15, -0.1) is 11.6 Å². The molecule has 0 unspecified atom stereocenters. The van der Waals surface area contributed by atoms with E-state index in [0.717, 1.165) is 11.3 Å². The largest absolute Gasteiger partial charge is 0.359 e. The number of nitrogens with zero attached hydrogens (tertiary/aromatic N) is 2. The van der Waals surface area contributed by atoms with Gasteiger partial charge in [0.2, 0.25) is 5.91 Å². The van der Waals surface area contributed by atoms with E-state index in [1.807, 2.05) is 18.4 Å². The van der Waals surface area contributed by atoms with Gasteiger partial charge in [-0.3, -0.25) is 4.79 Å². The molecule has 1 aromatic carbocycles. The second kappa shape index (κ2) is 6.02. The summed E-state index contributed by atoms with van der Waals surface area (Å²) in [6.07, 6.45) is 0.571. The molecule has 6 heteroatoms. The highest BCUT2D eigenvalue weighted by Crippen LogP contribution is 2.25. The van der Waals surface area contributed by atoms with Gasteiger partial charge in [-0.05, 0) is 26.0 Å². The molecule has 0 radical (unpaired) electrons. The maximum atomic E-state index is 13.3. The van der Waals surface area contributed by atoms with Gasteiger partial charge in [-0.1, -0.05) is 0 Å². The highest BCUT2D eigenvalue weighted by atomic mass is 35.5. The van der Waals surface area contributed by atoms with Crippen LogP contribution in [0.4, 0.5) is 4.39 Å². The minimum atomic E-state index is -0.599. The molecule has 2 aromatic rings. The Balaban J connectivity index is 2.50. The second-order valence-electron chi connectivity index (χ2n) is 5.65. The summed E-state index contributed by atoms with van der Waals surface area (Å²) < 4.78 is 15.3. The average molecular weight is 312 g/mol. The van der Waals surface area contributed by atoms with Crippen LogP contribution in [0.1, 0.15) is 19.7 Å². The number of imidazole rings is 1. The molecule has 0 aliphatic carbocycles. The number of halogens is 2. The smallest absolute Gasteiger partial charge is 0.227 e. The maximum absolute atomic E-state index is 13.3. The first-order valence-corrected chi connectivity index (χ1v) is 7.35. The fourth-order valence-corrected chi connectivity index (χ4v) is 2.58. The standard InChI is InChI=1S/C15H19ClFN3O/c1-15(2,14(21)18-3)9-20-12-5-4-10(17)8-11(12)19-13(20)6-7-16/h4-5,8H,6-7,9H2,1-3H3,(H,18,21). The van der Waals surface area contributed by atoms with Crippen LogP contribution in [0, 0.1) is 11.2 Å². The van der Waals surface area contributed by atoms with Crippen molar-refractivity contribution in [2.75, 3.05) is 12.9 Å². The zero-order valence-electron chi connectivity index (χ0n) is 12.4. The number of carbonyl (C=O) groups excluding carboxylic acids is 1. The molecule has 1 amide bonds. The van der Waals surface area contributed by atoms with Gasteiger partial charge in [0, 0.05) is 32.0 Å². The molecule has 0 atom stereocenters. The van der Waals surface area contributed by atoms with E-state index in [2.05, 4.69) is 10.3 Å². The number of fused-ring (bicyclic) bond motifs is 1. The van der Waals surface area contributed by atoms with E-state index < -0.39 is 5.41 Å². The van der Waals surface area contributed by atoms with Gasteiger partial charge < -0.3 is 9.88 Å². The van der Waals surface area contributed by atoms with Crippen LogP contribution in [0.2, 0.25) is 0 Å². The zero-order valence-corrected chi connectivity index (χ0v) is 13.2. The highest BCUT2D eigenvalue weighted by molar-refractivity contribution is 6.17. The first-order chi connectivity index (χ1) is 9.89. The molecule has 1 aromatic heterocycles. The lowest BCUT2D eigenvalue weighted by molar-refractivity contribution is -0.129. The van der Waals surface area contributed by atoms with Crippen LogP contribution in [0.5, 0.6) is 0 Å². The lowest BCUT2D eigenvalue weighted by atomic mass is 9.92. The third kappa shape index (κ3) is 3.18. The van der Waals surface area contributed by atoms with Gasteiger partial charge in [0.05, 0.1) is 16.4 Å². The molecule has 0 aliphatic heterocycles. The van der Waals surface area contributed by atoms with Crippen molar-refractivity contribution in [2.24, 2.45) is 5.41 Å². The number of aryl methyl sites for hydroxylation is 1. The maximum Gasteiger partial charge on any atom is 0.227 e. The Morgan fingerprint density at radius 3 is 2.81 bits per heavy atom. The fourth-order valence-electron chi connectivity index (χ4n) is 2.41. The van der Waals surface area contributed by atoms with Crippen molar-refractivity contribution in [1.82, 2.24) is 14.9 Å². The van der Waals surface area contributed by atoms with Crippen LogP contribution in [0.3, 0.4) is 0 Å². The summed E-state index contributed by atoms with van der Waals surface area (Å²) in [5.41, 5.74) is 0.800. The van der Waals surface area contributed by atoms with Crippen molar-refractivity contribution < 1.29 is 9.18 Å². The molecule has 0 saturated carbocycles. The predicted molar refractivity (Wildman–Crippen MR) is 82.0 cm³/mol. The minimum absolute atomic E-state index is 0.0525. The van der Waals surface area contributed by atoms with Crippen molar-refractivity contribution in [3.8, 4) is 0 Å². The van der Waals surface area contributed by atoms with Gasteiger partial charge in [-0.2, -0.15) is 0 Å². The normalized spacial score (nSPS) is 11.9. The molecule has 0 bridgehead atoms. The number of benzene rings is 1. The molecule has 0 fully saturated rings. The molecule has 0 aliphatic rings. The Labute approximate surface area is 128 Å². The Hall–Kier alpha value is -1.62. The third-order valence-corrected chi connectivity index (χ3v) is 3.69. The summed E-state index contributed by atoms with van der Waals surface area (Å²) in [5, 5.41) is 2.67. The van der Waals surface area contributed by atoms with Crippen LogP contribution in [0.15, 0.2) is 18.2 Å². The molecule has 1 N–H and O–H groups in total. The first kappa shape index (κ1) is 15.8. The van der Waals surface area contributed by atoms with Gasteiger partial charge >= 0.3 is 0 Å². The molecule has 21 heavy (non-hydrogen) atoms. The molecule has 1 heterocycles. The molecular weight excluding hydrogens is 293 g/mol. The fraction of sp³-hybridized carbons (Fsp3) is 0.467. The summed E-state index contributed by atoms with van der Waals surface area (Å²) in [6, 6.07) is 4.49. The number of aromatic nitrogens is 2. The molecule has 2 rings (SSSR count). The number of alkyl halides is 1. The molecule has 114 valence electrons.